The molecule has 0 aliphatic carbocycles. The first-order valence-corrected chi connectivity index (χ1v) is 9.10. The molecule has 2 amide bonds. The minimum absolute atomic E-state index is 0.0371. The molecule has 29 heavy (non-hydrogen) atoms. The first-order valence-electron chi connectivity index (χ1n) is 9.10. The van der Waals surface area contributed by atoms with Crippen LogP contribution in [0.4, 0.5) is 0 Å². The van der Waals surface area contributed by atoms with Crippen LogP contribution in [-0.4, -0.2) is 39.7 Å². The molecule has 2 rings (SSSR count). The lowest BCUT2D eigenvalue weighted by atomic mass is 9.88. The molecule has 8 heteroatoms. The highest BCUT2D eigenvalue weighted by molar-refractivity contribution is 5.93. The fourth-order valence-electron chi connectivity index (χ4n) is 2.74. The summed E-state index contributed by atoms with van der Waals surface area (Å²) in [4.78, 5) is 40.2. The van der Waals surface area contributed by atoms with Gasteiger partial charge in [0.25, 0.3) is 11.8 Å². The third kappa shape index (κ3) is 6.41. The zero-order valence-corrected chi connectivity index (χ0v) is 15.8. The van der Waals surface area contributed by atoms with Gasteiger partial charge in [0.1, 0.15) is 0 Å². The number of carbonyl (C=O) groups excluding carboxylic acids is 3. The van der Waals surface area contributed by atoms with Gasteiger partial charge in [0.2, 0.25) is 0 Å². The van der Waals surface area contributed by atoms with Gasteiger partial charge < -0.3 is 20.8 Å². The zero-order chi connectivity index (χ0) is 21.3. The minimum atomic E-state index is -2.56. The van der Waals surface area contributed by atoms with Crippen molar-refractivity contribution < 1.29 is 29.4 Å². The third-order valence-corrected chi connectivity index (χ3v) is 4.40. The van der Waals surface area contributed by atoms with Crippen LogP contribution in [0.3, 0.4) is 0 Å². The van der Waals surface area contributed by atoms with E-state index < -0.39 is 29.5 Å². The Hall–Kier alpha value is -3.23. The first-order chi connectivity index (χ1) is 13.8. The van der Waals surface area contributed by atoms with E-state index in [1.165, 1.54) is 0 Å². The summed E-state index contributed by atoms with van der Waals surface area (Å²) in [5.41, 5.74) is 5.95. The molecule has 2 aromatic rings. The molecule has 2 atom stereocenters. The number of aryl methyl sites for hydroxylation is 1. The Labute approximate surface area is 168 Å². The molecule has 0 radical (unpaired) electrons. The lowest BCUT2D eigenvalue weighted by molar-refractivity contribution is -0.172. The quantitative estimate of drug-likeness (QED) is 0.450. The highest BCUT2D eigenvalue weighted by Crippen LogP contribution is 2.18. The van der Waals surface area contributed by atoms with Crippen LogP contribution in [0.15, 0.2) is 60.7 Å². The van der Waals surface area contributed by atoms with Gasteiger partial charge in [0.05, 0.1) is 0 Å². The highest BCUT2D eigenvalue weighted by atomic mass is 16.7. The molecule has 0 aromatic heterocycles. The van der Waals surface area contributed by atoms with Crippen molar-refractivity contribution >= 4 is 17.8 Å². The summed E-state index contributed by atoms with van der Waals surface area (Å²) >= 11 is 0. The molecule has 5 N–H and O–H groups in total. The topological polar surface area (TPSA) is 139 Å². The van der Waals surface area contributed by atoms with Gasteiger partial charge in [-0.15, -0.1) is 0 Å². The maximum atomic E-state index is 12.1. The number of hydroxylamine groups is 1. The Morgan fingerprint density at radius 2 is 1.55 bits per heavy atom. The number of rotatable bonds is 9. The van der Waals surface area contributed by atoms with Crippen LogP contribution in [0.1, 0.15) is 24.0 Å². The normalized spacial score (nSPS) is 13.7. The van der Waals surface area contributed by atoms with E-state index in [9.17, 15) is 24.6 Å². The summed E-state index contributed by atoms with van der Waals surface area (Å²) in [6, 6.07) is 17.8. The number of aliphatic hydroxyl groups excluding tert-OH is 1. The van der Waals surface area contributed by atoms with Crippen molar-refractivity contribution in [2.24, 2.45) is 5.73 Å². The van der Waals surface area contributed by atoms with Crippen LogP contribution in [-0.2, 0) is 32.1 Å². The maximum Gasteiger partial charge on any atom is 0.332 e. The van der Waals surface area contributed by atoms with Crippen LogP contribution in [0, 0.1) is 0 Å². The van der Waals surface area contributed by atoms with Gasteiger partial charge >= 0.3 is 5.97 Å². The average molecular weight is 400 g/mol. The molecular weight excluding hydrogens is 376 g/mol. The summed E-state index contributed by atoms with van der Waals surface area (Å²) in [5, 5.41) is 20.6. The molecule has 0 saturated heterocycles. The molecule has 0 aliphatic rings. The molecule has 0 bridgehead atoms. The van der Waals surface area contributed by atoms with Gasteiger partial charge in [-0.3, -0.25) is 9.59 Å². The molecule has 154 valence electrons. The summed E-state index contributed by atoms with van der Waals surface area (Å²) < 4.78 is 0. The number of benzene rings is 2. The predicted octanol–water partition coefficient (Wildman–Crippen LogP) is 0.404. The first kappa shape index (κ1) is 22.1. The van der Waals surface area contributed by atoms with Crippen LogP contribution in [0.2, 0.25) is 0 Å². The smallest absolute Gasteiger partial charge is 0.332 e. The van der Waals surface area contributed by atoms with Crippen molar-refractivity contribution in [2.75, 3.05) is 0 Å². The van der Waals surface area contributed by atoms with Gasteiger partial charge in [0.15, 0.2) is 11.7 Å². The Kier molecular flexibility index (Phi) is 7.88. The van der Waals surface area contributed by atoms with E-state index >= 15 is 0 Å². The Bertz CT molecular complexity index is 828. The summed E-state index contributed by atoms with van der Waals surface area (Å²) in [6.45, 7) is 0. The van der Waals surface area contributed by atoms with Crippen molar-refractivity contribution in [1.29, 1.82) is 0 Å². The predicted molar refractivity (Wildman–Crippen MR) is 104 cm³/mol. The van der Waals surface area contributed by atoms with E-state index in [1.54, 1.807) is 35.8 Å². The molecule has 0 saturated carbocycles. The molecular formula is C21H24N2O6. The van der Waals surface area contributed by atoms with E-state index in [0.717, 1.165) is 5.56 Å². The number of amides is 2. The minimum Gasteiger partial charge on any atom is -0.380 e. The molecule has 8 nitrogen and oxygen atoms in total. The van der Waals surface area contributed by atoms with Crippen LogP contribution >= 0.6 is 0 Å². The van der Waals surface area contributed by atoms with Gasteiger partial charge in [-0.25, -0.2) is 4.79 Å². The van der Waals surface area contributed by atoms with Crippen molar-refractivity contribution in [1.82, 2.24) is 5.48 Å². The second-order valence-electron chi connectivity index (χ2n) is 6.63. The number of nitrogens with one attached hydrogen (secondary N) is 1. The molecule has 0 spiro atoms. The van der Waals surface area contributed by atoms with Crippen molar-refractivity contribution in [3.8, 4) is 0 Å². The molecule has 0 heterocycles. The van der Waals surface area contributed by atoms with Crippen molar-refractivity contribution in [3.05, 3.63) is 71.8 Å². The van der Waals surface area contributed by atoms with Gasteiger partial charge in [-0.2, -0.15) is 5.48 Å². The van der Waals surface area contributed by atoms with Crippen molar-refractivity contribution in [2.45, 2.75) is 37.4 Å². The Morgan fingerprint density at radius 3 is 2.10 bits per heavy atom. The number of aliphatic hydroxyl groups is 2. The second kappa shape index (κ2) is 10.4. The van der Waals surface area contributed by atoms with Gasteiger partial charge in [-0.05, 0) is 24.0 Å². The number of primary amides is 1. The lowest BCUT2D eigenvalue weighted by Crippen LogP contribution is -2.60. The largest absolute Gasteiger partial charge is 0.380 e. The molecule has 2 unspecified atom stereocenters. The average Bonchev–Trinajstić information content (AvgIpc) is 2.72. The summed E-state index contributed by atoms with van der Waals surface area (Å²) in [5.74, 6) is -3.25. The van der Waals surface area contributed by atoms with Gasteiger partial charge in [0, 0.05) is 12.8 Å². The Morgan fingerprint density at radius 1 is 1.00 bits per heavy atom. The van der Waals surface area contributed by atoms with E-state index in [-0.39, 0.29) is 12.8 Å². The number of hydrogen-bond donors (Lipinski definition) is 4. The fourth-order valence-corrected chi connectivity index (χ4v) is 2.74. The monoisotopic (exact) mass is 400 g/mol. The maximum absolute atomic E-state index is 12.1. The summed E-state index contributed by atoms with van der Waals surface area (Å²) in [7, 11) is 0. The second-order valence-corrected chi connectivity index (χ2v) is 6.63. The van der Waals surface area contributed by atoms with E-state index in [0.29, 0.717) is 18.4 Å². The zero-order valence-electron chi connectivity index (χ0n) is 15.8. The highest BCUT2D eigenvalue weighted by Gasteiger charge is 2.46. The lowest BCUT2D eigenvalue weighted by Gasteiger charge is -2.28. The summed E-state index contributed by atoms with van der Waals surface area (Å²) in [6.07, 6.45) is -1.42. The van der Waals surface area contributed by atoms with E-state index in [4.69, 9.17) is 5.73 Å². The third-order valence-electron chi connectivity index (χ3n) is 4.40. The molecule has 0 aliphatic heterocycles. The van der Waals surface area contributed by atoms with E-state index in [1.807, 2.05) is 30.3 Å². The van der Waals surface area contributed by atoms with Crippen LogP contribution < -0.4 is 11.2 Å². The number of nitrogens with two attached hydrogens (primary N) is 1. The van der Waals surface area contributed by atoms with Crippen LogP contribution in [0.5, 0.6) is 0 Å². The van der Waals surface area contributed by atoms with Gasteiger partial charge in [-0.1, -0.05) is 60.7 Å². The fraction of sp³-hybridized carbons (Fsp3) is 0.286. The SMILES string of the molecule is NC(=O)C(O)(Cc1ccccc1)C(O)C(=O)NOC(=O)CCCc1ccccc1. The number of hydrogen-bond acceptors (Lipinski definition) is 6. The molecule has 0 fully saturated rings. The van der Waals surface area contributed by atoms with E-state index in [2.05, 4.69) is 4.84 Å². The Balaban J connectivity index is 1.85. The standard InChI is InChI=1S/C21H24N2O6/c22-20(27)21(28,14-16-10-5-2-6-11-16)18(25)19(26)23-29-17(24)13-7-12-15-8-3-1-4-9-15/h1-6,8-11,18,25,28H,7,12-14H2,(H2,22,27)(H,23,26). The molecule has 2 aromatic carbocycles. The number of carbonyl (C=O) groups is 3. The van der Waals surface area contributed by atoms with Crippen LogP contribution in [0.25, 0.3) is 0 Å². The van der Waals surface area contributed by atoms with Crippen molar-refractivity contribution in [3.63, 3.8) is 0 Å².